The van der Waals surface area contributed by atoms with Gasteiger partial charge in [0.05, 0.1) is 48.1 Å². The molecule has 176 valence electrons. The Morgan fingerprint density at radius 3 is 1.43 bits per heavy atom. The molecule has 2 aromatic carbocycles. The molecule has 4 aromatic rings. The molecule has 0 amide bonds. The van der Waals surface area contributed by atoms with Gasteiger partial charge < -0.3 is 9.47 Å². The van der Waals surface area contributed by atoms with Crippen LogP contribution in [-0.2, 0) is 14.9 Å². The minimum Gasteiger partial charge on any atom is -0.465 e. The molecule has 0 N–H and O–H groups in total. The molecule has 0 unspecified atom stereocenters. The number of carbonyl (C=O) groups is 2. The molecule has 35 heavy (non-hydrogen) atoms. The highest BCUT2D eigenvalue weighted by Gasteiger charge is 2.27. The molecular weight excluding hydrogens is 440 g/mol. The molecule has 4 rings (SSSR count). The third-order valence-corrected chi connectivity index (χ3v) is 5.94. The smallest absolute Gasteiger partial charge is 0.337 e. The molecule has 2 heterocycles. The Balaban J connectivity index is 1.70. The minimum atomic E-state index is -0.508. The summed E-state index contributed by atoms with van der Waals surface area (Å²) >= 11 is 0. The molecule has 0 aliphatic heterocycles. The summed E-state index contributed by atoms with van der Waals surface area (Å²) in [6.07, 6.45) is 0. The Morgan fingerprint density at radius 2 is 1.03 bits per heavy atom. The predicted octanol–water partition coefficient (Wildman–Crippen LogP) is 5.71. The quantitative estimate of drug-likeness (QED) is 0.339. The zero-order valence-electron chi connectivity index (χ0n) is 20.1. The van der Waals surface area contributed by atoms with E-state index >= 15 is 0 Å². The summed E-state index contributed by atoms with van der Waals surface area (Å²) in [5.41, 5.74) is 5.27. The van der Waals surface area contributed by atoms with Crippen LogP contribution < -0.4 is 0 Å². The maximum atomic E-state index is 12.0. The summed E-state index contributed by atoms with van der Waals surface area (Å²) in [5.74, 6) is -0.777. The van der Waals surface area contributed by atoms with Gasteiger partial charge in [0, 0.05) is 16.5 Å². The van der Waals surface area contributed by atoms with Crippen molar-refractivity contribution in [2.75, 3.05) is 14.2 Å². The zero-order valence-corrected chi connectivity index (χ0v) is 20.1. The normalized spacial score (nSPS) is 11.1. The van der Waals surface area contributed by atoms with E-state index < -0.39 is 5.41 Å². The standard InChI is InChI=1S/C29H26N2O4/c1-29(2,25-15-7-13-23(30-25)19-9-5-11-21(17-19)27(32)34-3)26-16-8-14-24(31-26)20-10-6-12-22(18-20)28(33)35-4/h5-18H,1-4H3. The van der Waals surface area contributed by atoms with E-state index in [1.165, 1.54) is 14.2 Å². The van der Waals surface area contributed by atoms with E-state index in [1.54, 1.807) is 24.3 Å². The Kier molecular flexibility index (Phi) is 6.73. The van der Waals surface area contributed by atoms with Gasteiger partial charge in [-0.25, -0.2) is 9.59 Å². The van der Waals surface area contributed by atoms with Crippen LogP contribution >= 0.6 is 0 Å². The summed E-state index contributed by atoms with van der Waals surface area (Å²) in [4.78, 5) is 33.7. The average molecular weight is 467 g/mol. The summed E-state index contributed by atoms with van der Waals surface area (Å²) in [6, 6.07) is 26.1. The molecule has 0 fully saturated rings. The van der Waals surface area contributed by atoms with Crippen LogP contribution in [0.2, 0.25) is 0 Å². The van der Waals surface area contributed by atoms with Gasteiger partial charge in [0.1, 0.15) is 0 Å². The van der Waals surface area contributed by atoms with Crippen molar-refractivity contribution in [3.05, 3.63) is 107 Å². The van der Waals surface area contributed by atoms with E-state index in [1.807, 2.05) is 60.7 Å². The molecule has 0 radical (unpaired) electrons. The van der Waals surface area contributed by atoms with Crippen LogP contribution in [0.5, 0.6) is 0 Å². The van der Waals surface area contributed by atoms with Gasteiger partial charge in [0.15, 0.2) is 0 Å². The van der Waals surface area contributed by atoms with Crippen molar-refractivity contribution in [3.63, 3.8) is 0 Å². The number of aromatic nitrogens is 2. The highest BCUT2D eigenvalue weighted by molar-refractivity contribution is 5.91. The Bertz CT molecular complexity index is 1290. The number of hydrogen-bond donors (Lipinski definition) is 0. The molecule has 0 saturated heterocycles. The van der Waals surface area contributed by atoms with Gasteiger partial charge in [-0.05, 0) is 62.4 Å². The van der Waals surface area contributed by atoms with Crippen LogP contribution in [0.3, 0.4) is 0 Å². The van der Waals surface area contributed by atoms with Gasteiger partial charge in [-0.3, -0.25) is 9.97 Å². The monoisotopic (exact) mass is 466 g/mol. The molecule has 0 saturated carbocycles. The van der Waals surface area contributed by atoms with E-state index in [9.17, 15) is 9.59 Å². The highest BCUT2D eigenvalue weighted by atomic mass is 16.5. The number of benzene rings is 2. The molecule has 0 bridgehead atoms. The van der Waals surface area contributed by atoms with Gasteiger partial charge >= 0.3 is 11.9 Å². The number of methoxy groups -OCH3 is 2. The number of rotatable bonds is 6. The van der Waals surface area contributed by atoms with Crippen LogP contribution in [0, 0.1) is 0 Å². The first-order chi connectivity index (χ1) is 16.8. The highest BCUT2D eigenvalue weighted by Crippen LogP contribution is 2.32. The lowest BCUT2D eigenvalue weighted by atomic mass is 9.84. The molecule has 2 aromatic heterocycles. The van der Waals surface area contributed by atoms with E-state index in [0.717, 1.165) is 33.9 Å². The number of nitrogens with zero attached hydrogens (tertiary/aromatic N) is 2. The Labute approximate surface area is 204 Å². The lowest BCUT2D eigenvalue weighted by Crippen LogP contribution is -2.22. The van der Waals surface area contributed by atoms with Crippen LogP contribution in [-0.4, -0.2) is 36.1 Å². The largest absolute Gasteiger partial charge is 0.465 e. The van der Waals surface area contributed by atoms with Crippen molar-refractivity contribution >= 4 is 11.9 Å². The van der Waals surface area contributed by atoms with Gasteiger partial charge in [-0.15, -0.1) is 0 Å². The van der Waals surface area contributed by atoms with Crippen LogP contribution in [0.25, 0.3) is 22.5 Å². The summed E-state index contributed by atoms with van der Waals surface area (Å²) in [7, 11) is 2.73. The van der Waals surface area contributed by atoms with Crippen LogP contribution in [0.15, 0.2) is 84.9 Å². The number of esters is 2. The van der Waals surface area contributed by atoms with Crippen molar-refractivity contribution in [3.8, 4) is 22.5 Å². The number of ether oxygens (including phenoxy) is 2. The van der Waals surface area contributed by atoms with Crippen LogP contribution in [0.1, 0.15) is 46.0 Å². The zero-order chi connectivity index (χ0) is 25.0. The fraction of sp³-hybridized carbons (Fsp3) is 0.172. The Morgan fingerprint density at radius 1 is 0.629 bits per heavy atom. The Hall–Kier alpha value is -4.32. The second-order valence-corrected chi connectivity index (χ2v) is 8.59. The van der Waals surface area contributed by atoms with E-state index in [0.29, 0.717) is 11.1 Å². The molecule has 6 nitrogen and oxygen atoms in total. The van der Waals surface area contributed by atoms with Gasteiger partial charge in [0.2, 0.25) is 0 Å². The molecule has 6 heteroatoms. The fourth-order valence-electron chi connectivity index (χ4n) is 3.87. The second kappa shape index (κ2) is 9.89. The number of pyridine rings is 2. The van der Waals surface area contributed by atoms with Crippen molar-refractivity contribution < 1.29 is 19.1 Å². The van der Waals surface area contributed by atoms with Gasteiger partial charge in [-0.1, -0.05) is 36.4 Å². The van der Waals surface area contributed by atoms with Crippen molar-refractivity contribution in [1.82, 2.24) is 9.97 Å². The predicted molar refractivity (Wildman–Crippen MR) is 134 cm³/mol. The lowest BCUT2D eigenvalue weighted by Gasteiger charge is -2.25. The maximum absolute atomic E-state index is 12.0. The van der Waals surface area contributed by atoms with E-state index in [-0.39, 0.29) is 11.9 Å². The van der Waals surface area contributed by atoms with Crippen molar-refractivity contribution in [2.45, 2.75) is 19.3 Å². The second-order valence-electron chi connectivity index (χ2n) is 8.59. The summed E-state index contributed by atoms with van der Waals surface area (Å²) < 4.78 is 9.69. The lowest BCUT2D eigenvalue weighted by molar-refractivity contribution is 0.0592. The van der Waals surface area contributed by atoms with Gasteiger partial charge in [0.25, 0.3) is 0 Å². The molecule has 0 aliphatic carbocycles. The SMILES string of the molecule is COC(=O)c1cccc(-c2cccc(C(C)(C)c3cccc(-c4cccc(C(=O)OC)c4)n3)n2)c1. The summed E-state index contributed by atoms with van der Waals surface area (Å²) in [5, 5.41) is 0. The summed E-state index contributed by atoms with van der Waals surface area (Å²) in [6.45, 7) is 4.14. The molecule has 0 atom stereocenters. The van der Waals surface area contributed by atoms with Gasteiger partial charge in [-0.2, -0.15) is 0 Å². The first-order valence-corrected chi connectivity index (χ1v) is 11.2. The average Bonchev–Trinajstić information content (AvgIpc) is 2.92. The number of hydrogen-bond acceptors (Lipinski definition) is 6. The molecule has 0 spiro atoms. The first kappa shape index (κ1) is 23.8. The minimum absolute atomic E-state index is 0.388. The van der Waals surface area contributed by atoms with E-state index in [4.69, 9.17) is 19.4 Å². The fourth-order valence-corrected chi connectivity index (χ4v) is 3.87. The van der Waals surface area contributed by atoms with Crippen LogP contribution in [0.4, 0.5) is 0 Å². The molecular formula is C29H26N2O4. The number of carbonyl (C=O) groups excluding carboxylic acids is 2. The van der Waals surface area contributed by atoms with Crippen molar-refractivity contribution in [1.29, 1.82) is 0 Å². The molecule has 0 aliphatic rings. The maximum Gasteiger partial charge on any atom is 0.337 e. The topological polar surface area (TPSA) is 78.4 Å². The third-order valence-electron chi connectivity index (χ3n) is 5.94. The third kappa shape index (κ3) is 4.96. The van der Waals surface area contributed by atoms with Crippen molar-refractivity contribution in [2.24, 2.45) is 0 Å². The van der Waals surface area contributed by atoms with E-state index in [2.05, 4.69) is 13.8 Å². The first-order valence-electron chi connectivity index (χ1n) is 11.2.